The molecule has 0 spiro atoms. The van der Waals surface area contributed by atoms with E-state index in [1.165, 1.54) is 0 Å². The van der Waals surface area contributed by atoms with Crippen LogP contribution in [-0.4, -0.2) is 10.8 Å². The zero-order valence-corrected chi connectivity index (χ0v) is 10.7. The van der Waals surface area contributed by atoms with Gasteiger partial charge in [-0.2, -0.15) is 0 Å². The highest BCUT2D eigenvalue weighted by Gasteiger charge is 1.90. The Kier molecular flexibility index (Phi) is 4.22. The van der Waals surface area contributed by atoms with Gasteiger partial charge in [-0.25, -0.2) is 4.99 Å². The molecule has 0 unspecified atom stereocenters. The molecule has 0 atom stereocenters. The predicted molar refractivity (Wildman–Crippen MR) is 77.1 cm³/mol. The van der Waals surface area contributed by atoms with Gasteiger partial charge in [-0.3, -0.25) is 4.99 Å². The fraction of sp³-hybridized carbons (Fsp3) is 0. The van der Waals surface area contributed by atoms with Crippen molar-refractivity contribution in [2.75, 3.05) is 0 Å². The van der Waals surface area contributed by atoms with Crippen LogP contribution in [0.15, 0.2) is 70.6 Å². The summed E-state index contributed by atoms with van der Waals surface area (Å²) in [6, 6.07) is 19.5. The second-order valence-corrected chi connectivity index (χ2v) is 4.18. The molecule has 0 saturated carbocycles. The second kappa shape index (κ2) is 6.11. The molecule has 0 fully saturated rings. The zero-order valence-electron chi connectivity index (χ0n) is 9.12. The molecular weight excluding hydrogens is 276 g/mol. The van der Waals surface area contributed by atoms with Crippen LogP contribution in [0.5, 0.6) is 0 Å². The molecule has 0 aliphatic heterocycles. The molecule has 3 heteroatoms. The Labute approximate surface area is 109 Å². The van der Waals surface area contributed by atoms with Crippen molar-refractivity contribution >= 4 is 38.1 Å². The van der Waals surface area contributed by atoms with Crippen molar-refractivity contribution in [3.63, 3.8) is 0 Å². The van der Waals surface area contributed by atoms with Gasteiger partial charge in [-0.15, -0.1) is 0 Å². The van der Waals surface area contributed by atoms with Gasteiger partial charge in [0.2, 0.25) is 0 Å². The summed E-state index contributed by atoms with van der Waals surface area (Å²) in [5, 5.41) is 0. The standard InChI is InChI=1S/C14H11BrN2/c15-14(17-13-9-5-2-6-10-13)11-16-12-7-3-1-4-8-12/h1-11H/b16-11+,17-14+. The average Bonchev–Trinajstić information content (AvgIpc) is 2.39. The predicted octanol–water partition coefficient (Wildman–Crippen LogP) is 4.51. The van der Waals surface area contributed by atoms with Crippen LogP contribution >= 0.6 is 15.9 Å². The highest BCUT2D eigenvalue weighted by Crippen LogP contribution is 2.12. The molecule has 0 amide bonds. The monoisotopic (exact) mass is 286 g/mol. The summed E-state index contributed by atoms with van der Waals surface area (Å²) < 4.78 is 0.701. The van der Waals surface area contributed by atoms with Crippen molar-refractivity contribution in [3.8, 4) is 0 Å². The molecule has 0 saturated heterocycles. The summed E-state index contributed by atoms with van der Waals surface area (Å²) in [5.41, 5.74) is 1.81. The van der Waals surface area contributed by atoms with Crippen LogP contribution in [0.25, 0.3) is 0 Å². The topological polar surface area (TPSA) is 24.7 Å². The lowest BCUT2D eigenvalue weighted by atomic mass is 10.3. The normalized spacial score (nSPS) is 11.9. The Morgan fingerprint density at radius 1 is 0.824 bits per heavy atom. The second-order valence-electron chi connectivity index (χ2n) is 3.36. The minimum Gasteiger partial charge on any atom is -0.254 e. The van der Waals surface area contributed by atoms with E-state index in [-0.39, 0.29) is 0 Å². The fourth-order valence-corrected chi connectivity index (χ4v) is 1.60. The molecular formula is C14H11BrN2. The van der Waals surface area contributed by atoms with Crippen LogP contribution in [0.2, 0.25) is 0 Å². The van der Waals surface area contributed by atoms with Gasteiger partial charge in [0.15, 0.2) is 0 Å². The number of rotatable bonds is 3. The molecule has 0 N–H and O–H groups in total. The average molecular weight is 287 g/mol. The van der Waals surface area contributed by atoms with Crippen LogP contribution in [0, 0.1) is 0 Å². The van der Waals surface area contributed by atoms with Gasteiger partial charge < -0.3 is 0 Å². The summed E-state index contributed by atoms with van der Waals surface area (Å²) in [6.07, 6.45) is 1.70. The molecule has 0 aliphatic rings. The van der Waals surface area contributed by atoms with E-state index in [1.807, 2.05) is 60.7 Å². The third-order valence-corrected chi connectivity index (χ3v) is 2.45. The van der Waals surface area contributed by atoms with Crippen LogP contribution in [0.4, 0.5) is 11.4 Å². The van der Waals surface area contributed by atoms with E-state index in [0.717, 1.165) is 11.4 Å². The largest absolute Gasteiger partial charge is 0.254 e. The minimum absolute atomic E-state index is 0.701. The first-order valence-electron chi connectivity index (χ1n) is 5.23. The third-order valence-electron chi connectivity index (χ3n) is 2.07. The van der Waals surface area contributed by atoms with Gasteiger partial charge in [-0.05, 0) is 40.2 Å². The van der Waals surface area contributed by atoms with Crippen molar-refractivity contribution in [1.29, 1.82) is 0 Å². The lowest BCUT2D eigenvalue weighted by Gasteiger charge is -1.93. The molecule has 0 radical (unpaired) electrons. The first kappa shape index (κ1) is 11.7. The Bertz CT molecular complexity index is 518. The molecule has 84 valence electrons. The first-order valence-corrected chi connectivity index (χ1v) is 6.02. The van der Waals surface area contributed by atoms with Gasteiger partial charge >= 0.3 is 0 Å². The van der Waals surface area contributed by atoms with Crippen LogP contribution < -0.4 is 0 Å². The number of hydrogen-bond acceptors (Lipinski definition) is 2. The smallest absolute Gasteiger partial charge is 0.125 e. The Morgan fingerprint density at radius 3 is 1.94 bits per heavy atom. The highest BCUT2D eigenvalue weighted by atomic mass is 79.9. The number of nitrogens with zero attached hydrogens (tertiary/aromatic N) is 2. The van der Waals surface area contributed by atoms with E-state index in [4.69, 9.17) is 0 Å². The molecule has 0 aromatic heterocycles. The summed E-state index contributed by atoms with van der Waals surface area (Å²) in [7, 11) is 0. The lowest BCUT2D eigenvalue weighted by molar-refractivity contribution is 1.53. The fourth-order valence-electron chi connectivity index (χ4n) is 1.30. The van der Waals surface area contributed by atoms with E-state index in [9.17, 15) is 0 Å². The van der Waals surface area contributed by atoms with E-state index >= 15 is 0 Å². The number of halogens is 1. The molecule has 2 aromatic rings. The Morgan fingerprint density at radius 2 is 1.35 bits per heavy atom. The SMILES string of the molecule is BrC(/C=N/c1ccccc1)=N/c1ccccc1. The molecule has 17 heavy (non-hydrogen) atoms. The van der Waals surface area contributed by atoms with E-state index < -0.39 is 0 Å². The van der Waals surface area contributed by atoms with Crippen LogP contribution in [0.3, 0.4) is 0 Å². The van der Waals surface area contributed by atoms with E-state index in [1.54, 1.807) is 6.21 Å². The van der Waals surface area contributed by atoms with Crippen molar-refractivity contribution < 1.29 is 0 Å². The van der Waals surface area contributed by atoms with Gasteiger partial charge in [0.1, 0.15) is 4.62 Å². The Balaban J connectivity index is 2.09. The lowest BCUT2D eigenvalue weighted by Crippen LogP contribution is -1.85. The van der Waals surface area contributed by atoms with Crippen LogP contribution in [0.1, 0.15) is 0 Å². The van der Waals surface area contributed by atoms with Gasteiger partial charge in [0, 0.05) is 0 Å². The van der Waals surface area contributed by atoms with E-state index in [0.29, 0.717) is 4.62 Å². The molecule has 2 aromatic carbocycles. The summed E-state index contributed by atoms with van der Waals surface area (Å²) in [4.78, 5) is 8.66. The summed E-state index contributed by atoms with van der Waals surface area (Å²) >= 11 is 3.37. The highest BCUT2D eigenvalue weighted by molar-refractivity contribution is 9.19. The number of hydrogen-bond donors (Lipinski definition) is 0. The maximum atomic E-state index is 4.36. The molecule has 2 rings (SSSR count). The molecule has 0 aliphatic carbocycles. The minimum atomic E-state index is 0.701. The third kappa shape index (κ3) is 3.96. The van der Waals surface area contributed by atoms with Gasteiger partial charge in [0.25, 0.3) is 0 Å². The summed E-state index contributed by atoms with van der Waals surface area (Å²) in [5.74, 6) is 0. The van der Waals surface area contributed by atoms with Crippen molar-refractivity contribution in [2.24, 2.45) is 9.98 Å². The molecule has 2 nitrogen and oxygen atoms in total. The summed E-state index contributed by atoms with van der Waals surface area (Å²) in [6.45, 7) is 0. The quantitative estimate of drug-likeness (QED) is 0.742. The Hall–Kier alpha value is -1.74. The van der Waals surface area contributed by atoms with Crippen molar-refractivity contribution in [3.05, 3.63) is 60.7 Å². The van der Waals surface area contributed by atoms with Gasteiger partial charge in [0.05, 0.1) is 17.6 Å². The maximum absolute atomic E-state index is 4.36. The number of benzene rings is 2. The van der Waals surface area contributed by atoms with Crippen molar-refractivity contribution in [1.82, 2.24) is 0 Å². The van der Waals surface area contributed by atoms with Gasteiger partial charge in [-0.1, -0.05) is 36.4 Å². The number of aliphatic imine (C=N–C) groups is 2. The van der Waals surface area contributed by atoms with E-state index in [2.05, 4.69) is 25.9 Å². The first-order chi connectivity index (χ1) is 8.34. The molecule has 0 heterocycles. The maximum Gasteiger partial charge on any atom is 0.125 e. The number of para-hydroxylation sites is 2. The molecule has 0 bridgehead atoms. The zero-order chi connectivity index (χ0) is 11.9. The van der Waals surface area contributed by atoms with Crippen LogP contribution in [-0.2, 0) is 0 Å². The van der Waals surface area contributed by atoms with Crippen molar-refractivity contribution in [2.45, 2.75) is 0 Å².